The summed E-state index contributed by atoms with van der Waals surface area (Å²) >= 11 is 3.39. The van der Waals surface area contributed by atoms with Crippen LogP contribution in [0.3, 0.4) is 0 Å². The first-order chi connectivity index (χ1) is 12.0. The summed E-state index contributed by atoms with van der Waals surface area (Å²) in [6, 6.07) is 11.7. The third-order valence-corrected chi connectivity index (χ3v) is 5.77. The van der Waals surface area contributed by atoms with Crippen molar-refractivity contribution in [1.29, 1.82) is 0 Å². The van der Waals surface area contributed by atoms with Crippen LogP contribution in [0.1, 0.15) is 5.56 Å². The molecule has 25 heavy (non-hydrogen) atoms. The molecule has 5 nitrogen and oxygen atoms in total. The van der Waals surface area contributed by atoms with Crippen LogP contribution in [0.2, 0.25) is 0 Å². The minimum atomic E-state index is -3.64. The lowest BCUT2D eigenvalue weighted by molar-refractivity contribution is 0.122. The molecule has 0 saturated carbocycles. The molecule has 0 amide bonds. The summed E-state index contributed by atoms with van der Waals surface area (Å²) in [5.74, 6) is 0.0391. The van der Waals surface area contributed by atoms with Crippen LogP contribution >= 0.6 is 15.9 Å². The van der Waals surface area contributed by atoms with Gasteiger partial charge in [-0.25, -0.2) is 8.42 Å². The van der Waals surface area contributed by atoms with Crippen molar-refractivity contribution in [2.24, 2.45) is 0 Å². The molecule has 2 aromatic rings. The maximum Gasteiger partial charge on any atom is 0.199 e. The maximum atomic E-state index is 12.7. The molecule has 1 aliphatic rings. The number of halogens is 1. The maximum absolute atomic E-state index is 12.7. The molecular formula is C18H18BrNO4S. The van der Waals surface area contributed by atoms with Gasteiger partial charge >= 0.3 is 0 Å². The van der Waals surface area contributed by atoms with Gasteiger partial charge in [-0.05, 0) is 30.3 Å². The number of rotatable bonds is 4. The molecule has 1 aliphatic heterocycles. The van der Waals surface area contributed by atoms with E-state index >= 15 is 0 Å². The number of phenols is 1. The van der Waals surface area contributed by atoms with E-state index in [1.54, 1.807) is 30.3 Å². The summed E-state index contributed by atoms with van der Waals surface area (Å²) in [6.07, 6.45) is 1.40. The van der Waals surface area contributed by atoms with Crippen molar-refractivity contribution in [2.75, 3.05) is 31.2 Å². The zero-order valence-electron chi connectivity index (χ0n) is 13.4. The summed E-state index contributed by atoms with van der Waals surface area (Å²) in [5, 5.41) is 10.9. The first-order valence-corrected chi connectivity index (χ1v) is 10.1. The standard InChI is InChI=1S/C18H18BrNO4S/c19-15-11-16(20-6-8-24-9-7-20)13-17(12-15)25(22,23)10-5-14-3-1-2-4-18(14)21/h1-5,10-13,21H,6-9H2. The van der Waals surface area contributed by atoms with Gasteiger partial charge in [0.05, 0.1) is 18.1 Å². The summed E-state index contributed by atoms with van der Waals surface area (Å²) in [7, 11) is -3.64. The predicted octanol–water partition coefficient (Wildman–Crippen LogP) is 3.44. The SMILES string of the molecule is O=S(=O)(C=Cc1ccccc1O)c1cc(Br)cc(N2CCOCC2)c1. The monoisotopic (exact) mass is 423 g/mol. The lowest BCUT2D eigenvalue weighted by Gasteiger charge is -2.29. The van der Waals surface area contributed by atoms with Crippen LogP contribution in [-0.4, -0.2) is 39.8 Å². The molecule has 1 N–H and O–H groups in total. The Labute approximate surface area is 155 Å². The average Bonchev–Trinajstić information content (AvgIpc) is 2.61. The molecule has 0 aromatic heterocycles. The van der Waals surface area contributed by atoms with Gasteiger partial charge in [-0.1, -0.05) is 34.1 Å². The Morgan fingerprint density at radius 1 is 1.12 bits per heavy atom. The molecule has 0 unspecified atom stereocenters. The van der Waals surface area contributed by atoms with Crippen molar-refractivity contribution in [2.45, 2.75) is 4.90 Å². The Kier molecular flexibility index (Phi) is 5.46. The predicted molar refractivity (Wildman–Crippen MR) is 102 cm³/mol. The van der Waals surface area contributed by atoms with Crippen molar-refractivity contribution < 1.29 is 18.3 Å². The van der Waals surface area contributed by atoms with Crippen molar-refractivity contribution in [1.82, 2.24) is 0 Å². The number of phenolic OH excluding ortho intramolecular Hbond substituents is 1. The Morgan fingerprint density at radius 2 is 1.84 bits per heavy atom. The van der Waals surface area contributed by atoms with Crippen molar-refractivity contribution in [3.05, 3.63) is 57.9 Å². The normalized spacial score (nSPS) is 15.6. The van der Waals surface area contributed by atoms with Crippen LogP contribution in [0.25, 0.3) is 6.08 Å². The number of nitrogens with zero attached hydrogens (tertiary/aromatic N) is 1. The van der Waals surface area contributed by atoms with Gasteiger partial charge in [0.1, 0.15) is 5.75 Å². The second kappa shape index (κ2) is 7.59. The van der Waals surface area contributed by atoms with Gasteiger partial charge in [-0.3, -0.25) is 0 Å². The van der Waals surface area contributed by atoms with E-state index in [4.69, 9.17) is 4.74 Å². The van der Waals surface area contributed by atoms with Gasteiger partial charge in [0.2, 0.25) is 0 Å². The lowest BCUT2D eigenvalue weighted by atomic mass is 10.2. The van der Waals surface area contributed by atoms with E-state index in [0.717, 1.165) is 24.2 Å². The molecule has 2 aromatic carbocycles. The molecule has 0 bridgehead atoms. The van der Waals surface area contributed by atoms with E-state index in [1.807, 2.05) is 6.07 Å². The van der Waals surface area contributed by atoms with Gasteiger partial charge in [0, 0.05) is 34.2 Å². The molecule has 0 atom stereocenters. The zero-order chi connectivity index (χ0) is 17.9. The Morgan fingerprint density at radius 3 is 2.56 bits per heavy atom. The minimum Gasteiger partial charge on any atom is -0.507 e. The molecule has 0 radical (unpaired) electrons. The van der Waals surface area contributed by atoms with E-state index in [1.165, 1.54) is 12.1 Å². The quantitative estimate of drug-likeness (QED) is 0.815. The van der Waals surface area contributed by atoms with E-state index in [0.29, 0.717) is 23.2 Å². The fourth-order valence-electron chi connectivity index (χ4n) is 2.59. The number of para-hydroxylation sites is 1. The van der Waals surface area contributed by atoms with Gasteiger partial charge in [0.15, 0.2) is 9.84 Å². The van der Waals surface area contributed by atoms with Crippen LogP contribution in [0.4, 0.5) is 5.69 Å². The van der Waals surface area contributed by atoms with Gasteiger partial charge in [-0.15, -0.1) is 0 Å². The first kappa shape index (κ1) is 18.0. The van der Waals surface area contributed by atoms with Crippen LogP contribution in [0.15, 0.2) is 57.2 Å². The smallest absolute Gasteiger partial charge is 0.199 e. The highest BCUT2D eigenvalue weighted by molar-refractivity contribution is 9.10. The highest BCUT2D eigenvalue weighted by Gasteiger charge is 2.17. The van der Waals surface area contributed by atoms with Crippen molar-refractivity contribution in [3.8, 4) is 5.75 Å². The van der Waals surface area contributed by atoms with Crippen LogP contribution in [0.5, 0.6) is 5.75 Å². The van der Waals surface area contributed by atoms with Crippen molar-refractivity contribution >= 4 is 37.5 Å². The van der Waals surface area contributed by atoms with Crippen LogP contribution in [0, 0.1) is 0 Å². The molecule has 1 saturated heterocycles. The Balaban J connectivity index is 1.91. The number of aromatic hydroxyl groups is 1. The zero-order valence-corrected chi connectivity index (χ0v) is 15.8. The molecule has 7 heteroatoms. The first-order valence-electron chi connectivity index (χ1n) is 7.80. The Hall–Kier alpha value is -1.83. The number of ether oxygens (including phenoxy) is 1. The largest absolute Gasteiger partial charge is 0.507 e. The molecule has 1 heterocycles. The summed E-state index contributed by atoms with van der Waals surface area (Å²) < 4.78 is 31.4. The number of benzene rings is 2. The van der Waals surface area contributed by atoms with E-state index in [2.05, 4.69) is 20.8 Å². The fourth-order valence-corrected chi connectivity index (χ4v) is 4.28. The number of hydrogen-bond acceptors (Lipinski definition) is 5. The van der Waals surface area contributed by atoms with Crippen molar-refractivity contribution in [3.63, 3.8) is 0 Å². The summed E-state index contributed by atoms with van der Waals surface area (Å²) in [6.45, 7) is 2.71. The second-order valence-corrected chi connectivity index (χ2v) is 8.40. The van der Waals surface area contributed by atoms with Gasteiger partial charge in [-0.2, -0.15) is 0 Å². The number of anilines is 1. The van der Waals surface area contributed by atoms with Crippen LogP contribution in [-0.2, 0) is 14.6 Å². The minimum absolute atomic E-state index is 0.0391. The van der Waals surface area contributed by atoms with Gasteiger partial charge < -0.3 is 14.7 Å². The summed E-state index contributed by atoms with van der Waals surface area (Å²) in [4.78, 5) is 2.30. The van der Waals surface area contributed by atoms with E-state index in [-0.39, 0.29) is 10.6 Å². The topological polar surface area (TPSA) is 66.8 Å². The molecule has 1 fully saturated rings. The number of morpholine rings is 1. The molecular weight excluding hydrogens is 406 g/mol. The number of hydrogen-bond donors (Lipinski definition) is 1. The molecule has 0 spiro atoms. The highest BCUT2D eigenvalue weighted by Crippen LogP contribution is 2.28. The fraction of sp³-hybridized carbons (Fsp3) is 0.222. The molecule has 132 valence electrons. The third-order valence-electron chi connectivity index (χ3n) is 3.92. The van der Waals surface area contributed by atoms with Gasteiger partial charge in [0.25, 0.3) is 0 Å². The van der Waals surface area contributed by atoms with E-state index < -0.39 is 9.84 Å². The third kappa shape index (κ3) is 4.42. The summed E-state index contributed by atoms with van der Waals surface area (Å²) in [5.41, 5.74) is 1.29. The molecule has 0 aliphatic carbocycles. The highest BCUT2D eigenvalue weighted by atomic mass is 79.9. The molecule has 3 rings (SSSR count). The van der Waals surface area contributed by atoms with E-state index in [9.17, 15) is 13.5 Å². The lowest BCUT2D eigenvalue weighted by Crippen LogP contribution is -2.36. The number of sulfone groups is 1. The second-order valence-electron chi connectivity index (χ2n) is 5.65. The van der Waals surface area contributed by atoms with Crippen LogP contribution < -0.4 is 4.90 Å². The average molecular weight is 424 g/mol. The Bertz CT molecular complexity index is 890.